The van der Waals surface area contributed by atoms with Crippen LogP contribution in [0.25, 0.3) is 0 Å². The zero-order chi connectivity index (χ0) is 27.1. The molecule has 0 aromatic heterocycles. The molecule has 10 unspecified atom stereocenters. The molecule has 0 aromatic rings. The summed E-state index contributed by atoms with van der Waals surface area (Å²) < 4.78 is 21.9. The van der Waals surface area contributed by atoms with E-state index < -0.39 is 79.0 Å². The largest absolute Gasteiger partial charge is 0.393 e. The van der Waals surface area contributed by atoms with E-state index in [1.54, 1.807) is 33.8 Å². The molecular formula is C24H38O12. The van der Waals surface area contributed by atoms with Crippen LogP contribution >= 0.6 is 0 Å². The molecule has 3 rings (SSSR count). The molecule has 7 N–H and O–H groups in total. The minimum absolute atomic E-state index is 0.0732. The van der Waals surface area contributed by atoms with E-state index in [0.29, 0.717) is 5.57 Å². The molecule has 12 heteroatoms. The minimum atomic E-state index is -1.89. The second-order valence-corrected chi connectivity index (χ2v) is 10.6. The topological polar surface area (TPSA) is 196 Å². The maximum atomic E-state index is 11.9. The molecule has 0 amide bonds. The molecule has 3 aliphatic rings. The van der Waals surface area contributed by atoms with Crippen molar-refractivity contribution in [2.24, 2.45) is 5.41 Å². The molecule has 0 bridgehead atoms. The molecule has 12 nitrogen and oxygen atoms in total. The van der Waals surface area contributed by atoms with Crippen LogP contribution in [0.2, 0.25) is 0 Å². The fourth-order valence-corrected chi connectivity index (χ4v) is 4.69. The van der Waals surface area contributed by atoms with Crippen molar-refractivity contribution in [2.75, 3.05) is 19.8 Å². The Morgan fingerprint density at radius 1 is 1.14 bits per heavy atom. The molecule has 0 radical (unpaired) electrons. The monoisotopic (exact) mass is 518 g/mol. The number of allylic oxidation sites excluding steroid dienone is 1. The van der Waals surface area contributed by atoms with E-state index in [4.69, 9.17) is 18.9 Å². The molecule has 2 heterocycles. The number of hydrogen-bond donors (Lipinski definition) is 7. The Bertz CT molecular complexity index is 858. The lowest BCUT2D eigenvalue weighted by atomic mass is 9.64. The fourth-order valence-electron chi connectivity index (χ4n) is 4.69. The predicted octanol–water partition coefficient (Wildman–Crippen LogP) is -2.11. The van der Waals surface area contributed by atoms with Gasteiger partial charge in [0.1, 0.15) is 41.7 Å². The van der Waals surface area contributed by atoms with Crippen LogP contribution in [0, 0.1) is 5.41 Å². The van der Waals surface area contributed by atoms with Gasteiger partial charge in [-0.3, -0.25) is 4.79 Å². The lowest BCUT2D eigenvalue weighted by molar-refractivity contribution is -0.314. The van der Waals surface area contributed by atoms with Crippen LogP contribution in [0.4, 0.5) is 0 Å². The van der Waals surface area contributed by atoms with Crippen LogP contribution in [0.1, 0.15) is 34.1 Å². The first-order chi connectivity index (χ1) is 16.6. The summed E-state index contributed by atoms with van der Waals surface area (Å²) in [7, 11) is 0. The van der Waals surface area contributed by atoms with Gasteiger partial charge >= 0.3 is 0 Å². The maximum absolute atomic E-state index is 11.9. The highest BCUT2D eigenvalue weighted by atomic mass is 16.7. The normalized spacial score (nSPS) is 44.1. The van der Waals surface area contributed by atoms with E-state index in [-0.39, 0.29) is 18.8 Å². The maximum Gasteiger partial charge on any atom is 0.187 e. The third-order valence-corrected chi connectivity index (χ3v) is 7.26. The number of ether oxygens (including phenoxy) is 4. The second-order valence-electron chi connectivity index (χ2n) is 10.6. The van der Waals surface area contributed by atoms with Crippen molar-refractivity contribution in [3.8, 4) is 0 Å². The average molecular weight is 519 g/mol. The zero-order valence-corrected chi connectivity index (χ0v) is 20.9. The second kappa shape index (κ2) is 10.8. The first kappa shape index (κ1) is 29.3. The molecule has 2 saturated heterocycles. The van der Waals surface area contributed by atoms with Crippen molar-refractivity contribution in [3.63, 3.8) is 0 Å². The summed E-state index contributed by atoms with van der Waals surface area (Å²) in [4.78, 5) is 11.9. The van der Waals surface area contributed by atoms with Crippen LogP contribution in [-0.2, 0) is 23.7 Å². The Kier molecular flexibility index (Phi) is 8.80. The standard InChI is InChI=1S/C24H38O12/c1-12-7-14(26)8-22(3,4)24(12,32)6-5-13(2)35-20-18(29)17(28)16(27)15(36-20)9-33-21-19(30)23(31,10-25)11-34-21/h5-7,13,15-21,25,27-32H,8-11H2,1-4H3. The minimum Gasteiger partial charge on any atom is -0.393 e. The van der Waals surface area contributed by atoms with Gasteiger partial charge in [-0.1, -0.05) is 19.9 Å². The molecule has 2 aliphatic heterocycles. The van der Waals surface area contributed by atoms with E-state index in [1.165, 1.54) is 12.2 Å². The summed E-state index contributed by atoms with van der Waals surface area (Å²) in [5.74, 6) is -0.0732. The molecule has 36 heavy (non-hydrogen) atoms. The Morgan fingerprint density at radius 3 is 2.39 bits per heavy atom. The molecule has 10 atom stereocenters. The van der Waals surface area contributed by atoms with Gasteiger partial charge in [-0.15, -0.1) is 0 Å². The third kappa shape index (κ3) is 5.59. The van der Waals surface area contributed by atoms with Crippen LogP contribution in [0.3, 0.4) is 0 Å². The van der Waals surface area contributed by atoms with Gasteiger partial charge in [0.2, 0.25) is 0 Å². The number of ketones is 1. The molecule has 0 aromatic carbocycles. The van der Waals surface area contributed by atoms with Crippen molar-refractivity contribution < 1.29 is 59.5 Å². The van der Waals surface area contributed by atoms with Crippen LogP contribution in [-0.4, -0.2) is 122 Å². The summed E-state index contributed by atoms with van der Waals surface area (Å²) in [6, 6.07) is 0. The molecule has 0 spiro atoms. The highest BCUT2D eigenvalue weighted by molar-refractivity contribution is 5.92. The number of aliphatic hydroxyl groups is 7. The first-order valence-corrected chi connectivity index (χ1v) is 11.9. The van der Waals surface area contributed by atoms with Crippen molar-refractivity contribution in [1.82, 2.24) is 0 Å². The highest BCUT2D eigenvalue weighted by Gasteiger charge is 2.50. The van der Waals surface area contributed by atoms with E-state index in [9.17, 15) is 40.5 Å². The van der Waals surface area contributed by atoms with Crippen LogP contribution in [0.5, 0.6) is 0 Å². The molecule has 2 fully saturated rings. The van der Waals surface area contributed by atoms with E-state index in [2.05, 4.69) is 0 Å². The van der Waals surface area contributed by atoms with Crippen molar-refractivity contribution >= 4 is 5.78 Å². The quantitative estimate of drug-likeness (QED) is 0.173. The number of hydrogen-bond acceptors (Lipinski definition) is 12. The zero-order valence-electron chi connectivity index (χ0n) is 20.9. The lowest BCUT2D eigenvalue weighted by Crippen LogP contribution is -2.60. The summed E-state index contributed by atoms with van der Waals surface area (Å²) >= 11 is 0. The number of aliphatic hydroxyl groups excluding tert-OH is 5. The van der Waals surface area contributed by atoms with E-state index >= 15 is 0 Å². The van der Waals surface area contributed by atoms with Crippen LogP contribution < -0.4 is 0 Å². The molecule has 206 valence electrons. The van der Waals surface area contributed by atoms with Gasteiger partial charge in [0.15, 0.2) is 18.4 Å². The summed E-state index contributed by atoms with van der Waals surface area (Å²) in [5.41, 5.74) is -3.58. The number of rotatable bonds is 8. The van der Waals surface area contributed by atoms with E-state index in [1.807, 2.05) is 0 Å². The molecule has 1 aliphatic carbocycles. The Balaban J connectivity index is 1.64. The fraction of sp³-hybridized carbons (Fsp3) is 0.792. The number of carbonyl (C=O) groups is 1. The Morgan fingerprint density at radius 2 is 1.81 bits per heavy atom. The van der Waals surface area contributed by atoms with Gasteiger partial charge in [0.25, 0.3) is 0 Å². The average Bonchev–Trinajstić information content (AvgIpc) is 3.09. The lowest BCUT2D eigenvalue weighted by Gasteiger charge is -2.44. The van der Waals surface area contributed by atoms with Crippen molar-refractivity contribution in [2.45, 2.75) is 94.5 Å². The highest BCUT2D eigenvalue weighted by Crippen LogP contribution is 2.44. The Labute approximate surface area is 209 Å². The first-order valence-electron chi connectivity index (χ1n) is 11.9. The Hall–Kier alpha value is -1.29. The number of carbonyl (C=O) groups excluding carboxylic acids is 1. The van der Waals surface area contributed by atoms with Gasteiger partial charge in [-0.05, 0) is 31.6 Å². The summed E-state index contributed by atoms with van der Waals surface area (Å²) in [6.07, 6.45) is -6.34. The van der Waals surface area contributed by atoms with Gasteiger partial charge in [-0.25, -0.2) is 0 Å². The SMILES string of the molecule is CC1=CC(=O)CC(C)(C)C1(O)C=CC(C)OC1OC(COC2OCC(O)(CO)C2O)C(O)C(O)C1O. The van der Waals surface area contributed by atoms with Gasteiger partial charge in [0, 0.05) is 11.8 Å². The van der Waals surface area contributed by atoms with Crippen molar-refractivity contribution in [1.29, 1.82) is 0 Å². The predicted molar refractivity (Wildman–Crippen MR) is 122 cm³/mol. The van der Waals surface area contributed by atoms with Gasteiger partial charge in [0.05, 0.1) is 25.9 Å². The van der Waals surface area contributed by atoms with Crippen molar-refractivity contribution in [3.05, 3.63) is 23.8 Å². The molecular weight excluding hydrogens is 480 g/mol. The molecule has 0 saturated carbocycles. The smallest absolute Gasteiger partial charge is 0.187 e. The van der Waals surface area contributed by atoms with Gasteiger partial charge in [-0.2, -0.15) is 0 Å². The summed E-state index contributed by atoms with van der Waals surface area (Å²) in [6.45, 7) is 5.33. The summed E-state index contributed by atoms with van der Waals surface area (Å²) in [5, 5.41) is 71.6. The van der Waals surface area contributed by atoms with Gasteiger partial charge < -0.3 is 54.7 Å². The van der Waals surface area contributed by atoms with Crippen LogP contribution in [0.15, 0.2) is 23.8 Å². The third-order valence-electron chi connectivity index (χ3n) is 7.26. The van der Waals surface area contributed by atoms with E-state index in [0.717, 1.165) is 0 Å².